The second-order valence-electron chi connectivity index (χ2n) is 5.94. The van der Waals surface area contributed by atoms with Crippen molar-refractivity contribution < 1.29 is 18.7 Å². The molecule has 0 saturated carbocycles. The number of thiazole rings is 1. The SMILES string of the molecule is COc1ccccc1CCNC(=O)c1csc(NC(=O)Nc2ccc(F)cc2)n1. The number of methoxy groups -OCH3 is 1. The van der Waals surface area contributed by atoms with Gasteiger partial charge >= 0.3 is 6.03 Å². The van der Waals surface area contributed by atoms with Crippen molar-refractivity contribution >= 4 is 34.1 Å². The number of carbonyl (C=O) groups excluding carboxylic acids is 2. The normalized spacial score (nSPS) is 10.3. The van der Waals surface area contributed by atoms with Crippen molar-refractivity contribution in [1.82, 2.24) is 10.3 Å². The lowest BCUT2D eigenvalue weighted by Crippen LogP contribution is -2.26. The third-order valence-corrected chi connectivity index (χ3v) is 4.69. The highest BCUT2D eigenvalue weighted by atomic mass is 32.1. The van der Waals surface area contributed by atoms with E-state index < -0.39 is 11.8 Å². The number of halogens is 1. The van der Waals surface area contributed by atoms with Gasteiger partial charge in [-0.3, -0.25) is 10.1 Å². The second kappa shape index (κ2) is 9.65. The first kappa shape index (κ1) is 20.3. The van der Waals surface area contributed by atoms with Gasteiger partial charge in [0.15, 0.2) is 5.13 Å². The van der Waals surface area contributed by atoms with Crippen molar-refractivity contribution in [2.24, 2.45) is 0 Å². The average Bonchev–Trinajstić information content (AvgIpc) is 3.18. The molecule has 1 aromatic heterocycles. The molecule has 3 amide bonds. The quantitative estimate of drug-likeness (QED) is 0.547. The topological polar surface area (TPSA) is 92.4 Å². The van der Waals surface area contributed by atoms with Crippen LogP contribution in [0.25, 0.3) is 0 Å². The van der Waals surface area contributed by atoms with Crippen LogP contribution in [0.2, 0.25) is 0 Å². The van der Waals surface area contributed by atoms with Crippen molar-refractivity contribution in [3.8, 4) is 5.75 Å². The van der Waals surface area contributed by atoms with Gasteiger partial charge < -0.3 is 15.4 Å². The molecular weight excluding hydrogens is 395 g/mol. The van der Waals surface area contributed by atoms with Gasteiger partial charge in [0, 0.05) is 17.6 Å². The van der Waals surface area contributed by atoms with Crippen molar-refractivity contribution in [3.05, 3.63) is 71.0 Å². The number of urea groups is 1. The van der Waals surface area contributed by atoms with Crippen LogP contribution in [-0.2, 0) is 6.42 Å². The van der Waals surface area contributed by atoms with E-state index in [9.17, 15) is 14.0 Å². The summed E-state index contributed by atoms with van der Waals surface area (Å²) in [4.78, 5) is 28.3. The molecule has 0 aliphatic heterocycles. The zero-order valence-corrected chi connectivity index (χ0v) is 16.4. The molecule has 1 heterocycles. The molecule has 0 saturated heterocycles. The number of nitrogens with one attached hydrogen (secondary N) is 3. The van der Waals surface area contributed by atoms with Crippen LogP contribution in [-0.4, -0.2) is 30.6 Å². The van der Waals surface area contributed by atoms with E-state index in [0.717, 1.165) is 22.6 Å². The molecule has 9 heteroatoms. The number of amides is 3. The lowest BCUT2D eigenvalue weighted by Gasteiger charge is -2.08. The summed E-state index contributed by atoms with van der Waals surface area (Å²) >= 11 is 1.13. The van der Waals surface area contributed by atoms with Crippen LogP contribution in [0.15, 0.2) is 53.9 Å². The molecule has 150 valence electrons. The number of para-hydroxylation sites is 1. The summed E-state index contributed by atoms with van der Waals surface area (Å²) in [6, 6.07) is 12.4. The summed E-state index contributed by atoms with van der Waals surface area (Å²) < 4.78 is 18.2. The summed E-state index contributed by atoms with van der Waals surface area (Å²) in [5.74, 6) is 0.0504. The van der Waals surface area contributed by atoms with Gasteiger partial charge in [-0.15, -0.1) is 11.3 Å². The summed E-state index contributed by atoms with van der Waals surface area (Å²) in [5, 5.41) is 9.74. The number of nitrogens with zero attached hydrogens (tertiary/aromatic N) is 1. The number of anilines is 2. The van der Waals surface area contributed by atoms with Crippen molar-refractivity contribution in [3.63, 3.8) is 0 Å². The number of ether oxygens (including phenoxy) is 1. The number of hydrogen-bond acceptors (Lipinski definition) is 5. The Kier molecular flexibility index (Phi) is 6.75. The van der Waals surface area contributed by atoms with E-state index in [2.05, 4.69) is 20.9 Å². The summed E-state index contributed by atoms with van der Waals surface area (Å²) in [6.07, 6.45) is 0.616. The van der Waals surface area contributed by atoms with E-state index in [0.29, 0.717) is 18.7 Å². The zero-order valence-electron chi connectivity index (χ0n) is 15.6. The molecule has 0 bridgehead atoms. The zero-order chi connectivity index (χ0) is 20.6. The minimum absolute atomic E-state index is 0.215. The number of benzene rings is 2. The predicted molar refractivity (Wildman–Crippen MR) is 110 cm³/mol. The Labute approximate surface area is 170 Å². The van der Waals surface area contributed by atoms with Crippen LogP contribution >= 0.6 is 11.3 Å². The van der Waals surface area contributed by atoms with Crippen LogP contribution in [0.3, 0.4) is 0 Å². The summed E-state index contributed by atoms with van der Waals surface area (Å²) in [7, 11) is 1.60. The molecule has 0 unspecified atom stereocenters. The van der Waals surface area contributed by atoms with E-state index in [1.807, 2.05) is 24.3 Å². The van der Waals surface area contributed by atoms with E-state index >= 15 is 0 Å². The Morgan fingerprint density at radius 3 is 2.62 bits per heavy atom. The van der Waals surface area contributed by atoms with Gasteiger partial charge in [0.05, 0.1) is 7.11 Å². The van der Waals surface area contributed by atoms with Gasteiger partial charge in [-0.2, -0.15) is 0 Å². The Hall–Kier alpha value is -3.46. The van der Waals surface area contributed by atoms with Gasteiger partial charge in [0.25, 0.3) is 5.91 Å². The molecule has 3 aromatic rings. The fraction of sp³-hybridized carbons (Fsp3) is 0.150. The first-order valence-electron chi connectivity index (χ1n) is 8.74. The molecule has 0 fully saturated rings. The van der Waals surface area contributed by atoms with Gasteiger partial charge in [-0.25, -0.2) is 14.2 Å². The molecule has 2 aromatic carbocycles. The number of hydrogen-bond donors (Lipinski definition) is 3. The molecular formula is C20H19FN4O3S. The van der Waals surface area contributed by atoms with E-state index in [1.165, 1.54) is 24.3 Å². The fourth-order valence-electron chi connectivity index (χ4n) is 2.54. The highest BCUT2D eigenvalue weighted by Gasteiger charge is 2.13. The maximum Gasteiger partial charge on any atom is 0.325 e. The number of carbonyl (C=O) groups is 2. The minimum atomic E-state index is -0.533. The Balaban J connectivity index is 1.49. The smallest absolute Gasteiger partial charge is 0.325 e. The fourth-order valence-corrected chi connectivity index (χ4v) is 3.22. The van der Waals surface area contributed by atoms with Gasteiger partial charge in [0.2, 0.25) is 0 Å². The Bertz CT molecular complexity index is 991. The molecule has 3 N–H and O–H groups in total. The lowest BCUT2D eigenvalue weighted by atomic mass is 10.1. The van der Waals surface area contributed by atoms with Crippen LogP contribution in [0, 0.1) is 5.82 Å². The third-order valence-electron chi connectivity index (χ3n) is 3.93. The maximum absolute atomic E-state index is 12.9. The van der Waals surface area contributed by atoms with Crippen LogP contribution in [0.5, 0.6) is 5.75 Å². The monoisotopic (exact) mass is 414 g/mol. The molecule has 0 radical (unpaired) electrons. The van der Waals surface area contributed by atoms with Gasteiger partial charge in [0.1, 0.15) is 17.3 Å². The highest BCUT2D eigenvalue weighted by molar-refractivity contribution is 7.14. The third kappa shape index (κ3) is 5.76. The second-order valence-corrected chi connectivity index (χ2v) is 6.80. The van der Waals surface area contributed by atoms with Crippen molar-refractivity contribution in [2.45, 2.75) is 6.42 Å². The number of rotatable bonds is 7. The highest BCUT2D eigenvalue weighted by Crippen LogP contribution is 2.18. The van der Waals surface area contributed by atoms with E-state index in [4.69, 9.17) is 4.74 Å². The molecule has 0 aliphatic carbocycles. The Morgan fingerprint density at radius 1 is 1.10 bits per heavy atom. The number of aromatic nitrogens is 1. The van der Waals surface area contributed by atoms with Crippen LogP contribution in [0.1, 0.15) is 16.1 Å². The van der Waals surface area contributed by atoms with Crippen LogP contribution in [0.4, 0.5) is 20.0 Å². The Morgan fingerprint density at radius 2 is 1.86 bits per heavy atom. The molecule has 29 heavy (non-hydrogen) atoms. The van der Waals surface area contributed by atoms with Gasteiger partial charge in [-0.1, -0.05) is 18.2 Å². The predicted octanol–water partition coefficient (Wildman–Crippen LogP) is 3.91. The summed E-state index contributed by atoms with van der Waals surface area (Å²) in [6.45, 7) is 0.421. The van der Waals surface area contributed by atoms with Crippen molar-refractivity contribution in [1.29, 1.82) is 0 Å². The minimum Gasteiger partial charge on any atom is -0.496 e. The maximum atomic E-state index is 12.9. The van der Waals surface area contributed by atoms with E-state index in [-0.39, 0.29) is 16.7 Å². The lowest BCUT2D eigenvalue weighted by molar-refractivity contribution is 0.0950. The van der Waals surface area contributed by atoms with E-state index in [1.54, 1.807) is 12.5 Å². The molecule has 3 rings (SSSR count). The molecule has 0 spiro atoms. The first-order chi connectivity index (χ1) is 14.0. The first-order valence-corrected chi connectivity index (χ1v) is 9.62. The largest absolute Gasteiger partial charge is 0.496 e. The van der Waals surface area contributed by atoms with Crippen LogP contribution < -0.4 is 20.7 Å². The summed E-state index contributed by atoms with van der Waals surface area (Å²) in [5.41, 5.74) is 1.65. The van der Waals surface area contributed by atoms with Crippen molar-refractivity contribution in [2.75, 3.05) is 24.3 Å². The standard InChI is InChI=1S/C20H19FN4O3S/c1-28-17-5-3-2-4-13(17)10-11-22-18(26)16-12-29-20(24-16)25-19(27)23-15-8-6-14(21)7-9-15/h2-9,12H,10-11H2,1H3,(H,22,26)(H2,23,24,25,27). The van der Waals surface area contributed by atoms with Gasteiger partial charge in [-0.05, 0) is 42.3 Å². The molecule has 0 atom stereocenters. The average molecular weight is 414 g/mol. The molecule has 0 aliphatic rings. The molecule has 7 nitrogen and oxygen atoms in total.